The maximum atomic E-state index is 11.3. The van der Waals surface area contributed by atoms with Crippen molar-refractivity contribution >= 4 is 22.7 Å². The Morgan fingerprint density at radius 3 is 2.81 bits per heavy atom. The molecule has 0 bridgehead atoms. The van der Waals surface area contributed by atoms with Gasteiger partial charge in [0.15, 0.2) is 5.65 Å². The highest BCUT2D eigenvalue weighted by Crippen LogP contribution is 2.29. The van der Waals surface area contributed by atoms with Crippen LogP contribution in [0.2, 0.25) is 0 Å². The highest BCUT2D eigenvalue weighted by atomic mass is 32.2. The number of hydrogen-bond donors (Lipinski definition) is 2. The number of fused-ring (bicyclic) bond motifs is 1. The Morgan fingerprint density at radius 1 is 1.35 bits per heavy atom. The van der Waals surface area contributed by atoms with Crippen LogP contribution in [0.1, 0.15) is 34.1 Å². The second-order valence-electron chi connectivity index (χ2n) is 8.14. The van der Waals surface area contributed by atoms with Crippen molar-refractivity contribution in [3.8, 4) is 17.1 Å². The van der Waals surface area contributed by atoms with Crippen LogP contribution in [0, 0.1) is 5.92 Å². The molecule has 4 atom stereocenters. The molecule has 168 valence electrons. The van der Waals surface area contributed by atoms with Crippen molar-refractivity contribution in [2.24, 2.45) is 5.92 Å². The van der Waals surface area contributed by atoms with Crippen molar-refractivity contribution in [3.05, 3.63) is 18.6 Å². The van der Waals surface area contributed by atoms with E-state index in [1.54, 1.807) is 30.0 Å². The van der Waals surface area contributed by atoms with Gasteiger partial charge in [-0.05, 0) is 44.2 Å². The van der Waals surface area contributed by atoms with Crippen molar-refractivity contribution < 1.29 is 13.5 Å². The number of hydrogen-bond acceptors (Lipinski definition) is 9. The predicted molar refractivity (Wildman–Crippen MR) is 115 cm³/mol. The van der Waals surface area contributed by atoms with Crippen LogP contribution in [0.15, 0.2) is 18.6 Å². The first-order valence-electron chi connectivity index (χ1n) is 10.3. The molecule has 1 fully saturated rings. The fourth-order valence-corrected chi connectivity index (χ4v) is 4.25. The third-order valence-electron chi connectivity index (χ3n) is 5.50. The average molecular weight is 448 g/mol. The summed E-state index contributed by atoms with van der Waals surface area (Å²) in [5.41, 5.74) is 2.01. The van der Waals surface area contributed by atoms with Crippen molar-refractivity contribution in [1.29, 1.82) is 0 Å². The van der Waals surface area contributed by atoms with Crippen LogP contribution in [0.25, 0.3) is 16.9 Å². The molecule has 0 amide bonds. The molecule has 2 N–H and O–H groups in total. The normalized spacial score (nSPS) is 22.0. The van der Waals surface area contributed by atoms with E-state index in [-0.39, 0.29) is 18.1 Å². The molecule has 0 spiro atoms. The quantitative estimate of drug-likeness (QED) is 0.518. The van der Waals surface area contributed by atoms with Gasteiger partial charge in [-0.25, -0.2) is 4.98 Å². The Bertz CT molecular complexity index is 1050. The maximum absolute atomic E-state index is 11.3. The van der Waals surface area contributed by atoms with E-state index >= 15 is 0 Å². The van der Waals surface area contributed by atoms with Gasteiger partial charge in [0.1, 0.15) is 5.69 Å². The Hall–Kier alpha value is -2.57. The van der Waals surface area contributed by atoms with Crippen LogP contribution in [-0.2, 0) is 11.1 Å². The zero-order valence-corrected chi connectivity index (χ0v) is 18.8. The minimum Gasteiger partial charge on any atom is -0.771 e. The van der Waals surface area contributed by atoms with Crippen molar-refractivity contribution in [3.63, 3.8) is 0 Å². The SMILES string of the molecule is CC(C)Oc1c(-c2cn[nH]c2)ncc2nc(N[C@H]3CCN(C(C)S(=O)[O-])C[C@H]3C)nn12. The zero-order valence-electron chi connectivity index (χ0n) is 18.0. The summed E-state index contributed by atoms with van der Waals surface area (Å²) in [5.74, 6) is 1.23. The summed E-state index contributed by atoms with van der Waals surface area (Å²) in [6.45, 7) is 9.09. The van der Waals surface area contributed by atoms with E-state index in [2.05, 4.69) is 37.5 Å². The monoisotopic (exact) mass is 447 g/mol. The lowest BCUT2D eigenvalue weighted by Crippen LogP contribution is -2.49. The minimum absolute atomic E-state index is 0.0726. The Balaban J connectivity index is 1.58. The van der Waals surface area contributed by atoms with Gasteiger partial charge in [0.2, 0.25) is 11.8 Å². The summed E-state index contributed by atoms with van der Waals surface area (Å²) >= 11 is -2.11. The third kappa shape index (κ3) is 4.55. The van der Waals surface area contributed by atoms with Gasteiger partial charge < -0.3 is 14.6 Å². The Labute approximate surface area is 182 Å². The number of likely N-dealkylation sites (tertiary alicyclic amines) is 1. The summed E-state index contributed by atoms with van der Waals surface area (Å²) < 4.78 is 30.3. The van der Waals surface area contributed by atoms with Gasteiger partial charge in [0.25, 0.3) is 0 Å². The molecule has 3 aromatic heterocycles. The second-order valence-corrected chi connectivity index (χ2v) is 9.35. The molecule has 11 nitrogen and oxygen atoms in total. The number of piperidine rings is 1. The van der Waals surface area contributed by atoms with Gasteiger partial charge in [0, 0.05) is 30.9 Å². The first-order chi connectivity index (χ1) is 14.8. The number of nitrogens with zero attached hydrogens (tertiary/aromatic N) is 6. The van der Waals surface area contributed by atoms with Gasteiger partial charge in [-0.2, -0.15) is 14.6 Å². The molecule has 0 aromatic carbocycles. The van der Waals surface area contributed by atoms with E-state index in [4.69, 9.17) is 4.74 Å². The van der Waals surface area contributed by atoms with E-state index in [1.807, 2.05) is 18.7 Å². The number of ether oxygens (including phenoxy) is 1. The largest absolute Gasteiger partial charge is 0.771 e. The summed E-state index contributed by atoms with van der Waals surface area (Å²) in [5, 5.41) is 14.4. The van der Waals surface area contributed by atoms with E-state index in [1.165, 1.54) is 0 Å². The lowest BCUT2D eigenvalue weighted by atomic mass is 9.94. The summed E-state index contributed by atoms with van der Waals surface area (Å²) in [4.78, 5) is 11.1. The Kier molecular flexibility index (Phi) is 6.21. The number of nitrogens with one attached hydrogen (secondary N) is 2. The molecular formula is C19H27N8O3S-. The molecule has 0 radical (unpaired) electrons. The number of rotatable bonds is 7. The molecule has 1 aliphatic heterocycles. The van der Waals surface area contributed by atoms with Crippen LogP contribution in [0.4, 0.5) is 5.95 Å². The molecule has 0 saturated carbocycles. The van der Waals surface area contributed by atoms with Gasteiger partial charge in [-0.3, -0.25) is 14.2 Å². The number of H-pyrrole nitrogens is 1. The highest BCUT2D eigenvalue weighted by molar-refractivity contribution is 7.79. The molecule has 1 saturated heterocycles. The first-order valence-corrected chi connectivity index (χ1v) is 11.5. The predicted octanol–water partition coefficient (Wildman–Crippen LogP) is 1.65. The fraction of sp³-hybridized carbons (Fsp3) is 0.579. The zero-order chi connectivity index (χ0) is 22.1. The van der Waals surface area contributed by atoms with Gasteiger partial charge in [-0.1, -0.05) is 6.92 Å². The first kappa shape index (κ1) is 21.7. The lowest BCUT2D eigenvalue weighted by molar-refractivity contribution is 0.160. The Morgan fingerprint density at radius 2 is 2.16 bits per heavy atom. The fourth-order valence-electron chi connectivity index (χ4n) is 3.81. The molecule has 1 aliphatic rings. The third-order valence-corrected chi connectivity index (χ3v) is 6.35. The summed E-state index contributed by atoms with van der Waals surface area (Å²) in [6, 6.07) is 0.136. The topological polar surface area (TPSA) is 136 Å². The van der Waals surface area contributed by atoms with Gasteiger partial charge in [-0.15, -0.1) is 5.10 Å². The van der Waals surface area contributed by atoms with E-state index in [0.29, 0.717) is 36.3 Å². The van der Waals surface area contributed by atoms with Gasteiger partial charge in [0.05, 0.1) is 23.9 Å². The van der Waals surface area contributed by atoms with Crippen LogP contribution in [0.5, 0.6) is 5.88 Å². The van der Waals surface area contributed by atoms with E-state index < -0.39 is 16.5 Å². The highest BCUT2D eigenvalue weighted by Gasteiger charge is 2.30. The smallest absolute Gasteiger partial charge is 0.244 e. The summed E-state index contributed by atoms with van der Waals surface area (Å²) in [7, 11) is 0. The lowest BCUT2D eigenvalue weighted by Gasteiger charge is -2.40. The van der Waals surface area contributed by atoms with Crippen molar-refractivity contribution in [1.82, 2.24) is 34.7 Å². The number of aromatic amines is 1. The van der Waals surface area contributed by atoms with Crippen LogP contribution in [-0.4, -0.2) is 74.1 Å². The van der Waals surface area contributed by atoms with Gasteiger partial charge >= 0.3 is 0 Å². The van der Waals surface area contributed by atoms with Crippen LogP contribution >= 0.6 is 0 Å². The molecular weight excluding hydrogens is 420 g/mol. The van der Waals surface area contributed by atoms with Crippen LogP contribution in [0.3, 0.4) is 0 Å². The molecule has 0 aliphatic carbocycles. The van der Waals surface area contributed by atoms with Crippen molar-refractivity contribution in [2.45, 2.75) is 51.6 Å². The summed E-state index contributed by atoms with van der Waals surface area (Å²) in [6.07, 6.45) is 5.82. The number of aromatic nitrogens is 6. The molecule has 4 rings (SSSR count). The maximum Gasteiger partial charge on any atom is 0.244 e. The molecule has 3 aromatic rings. The van der Waals surface area contributed by atoms with Crippen LogP contribution < -0.4 is 10.1 Å². The molecule has 12 heteroatoms. The second kappa shape index (κ2) is 8.89. The van der Waals surface area contributed by atoms with E-state index in [9.17, 15) is 8.76 Å². The minimum atomic E-state index is -2.11. The van der Waals surface area contributed by atoms with Crippen molar-refractivity contribution in [2.75, 3.05) is 18.4 Å². The average Bonchev–Trinajstić information content (AvgIpc) is 3.38. The molecule has 2 unspecified atom stereocenters. The molecule has 31 heavy (non-hydrogen) atoms. The van der Waals surface area contributed by atoms with E-state index in [0.717, 1.165) is 12.0 Å². The molecule has 4 heterocycles. The standard InChI is InChI=1S/C19H28N8O3S/c1-11(2)30-18-17(14-7-21-22-8-14)20-9-16-24-19(25-27(16)18)23-15-5-6-26(10-12(15)3)13(4)31(28)29/h7-9,11-13,15H,5-6,10H2,1-4H3,(H,21,22)(H,23,25)(H,28,29)/p-1/t12-,13?,15+/m1/s1. The number of anilines is 1.